The predicted octanol–water partition coefficient (Wildman–Crippen LogP) is 10.8. The number of unbranched alkanes of at least 4 members (excludes halogenated alkanes) is 1. The number of aryl methyl sites for hydroxylation is 1. The number of hydrogen-bond acceptors (Lipinski definition) is 10. The van der Waals surface area contributed by atoms with Gasteiger partial charge in [0.05, 0.1) is 10.6 Å². The fourth-order valence-corrected chi connectivity index (χ4v) is 10.3. The van der Waals surface area contributed by atoms with Crippen LogP contribution in [0, 0.1) is 5.92 Å². The molecule has 3 aliphatic rings. The number of nitrogens with zero attached hydrogens (tertiary/aromatic N) is 5. The summed E-state index contributed by atoms with van der Waals surface area (Å²) < 4.78 is 7.56. The Morgan fingerprint density at radius 3 is 2.48 bits per heavy atom. The second kappa shape index (κ2) is 16.8. The second-order valence-electron chi connectivity index (χ2n) is 15.5. The molecule has 10 rings (SSSR count). The van der Waals surface area contributed by atoms with E-state index in [4.69, 9.17) is 14.5 Å². The average Bonchev–Trinajstić information content (AvgIpc) is 4.14. The molecule has 1 saturated heterocycles. The molecule has 2 aliphatic carbocycles. The van der Waals surface area contributed by atoms with Crippen molar-refractivity contribution in [3.63, 3.8) is 0 Å². The molecule has 1 aliphatic heterocycles. The third-order valence-electron chi connectivity index (χ3n) is 11.5. The van der Waals surface area contributed by atoms with Crippen LogP contribution in [-0.2, 0) is 25.8 Å². The summed E-state index contributed by atoms with van der Waals surface area (Å²) in [6.45, 7) is 0.692. The molecule has 2 aromatic carbocycles. The Kier molecular flexibility index (Phi) is 10.6. The van der Waals surface area contributed by atoms with E-state index in [9.17, 15) is 14.4 Å². The van der Waals surface area contributed by atoms with E-state index < -0.39 is 17.8 Å². The molecule has 61 heavy (non-hydrogen) atoms. The van der Waals surface area contributed by atoms with Crippen molar-refractivity contribution in [3.05, 3.63) is 137 Å². The molecular weight excluding hydrogens is 803 g/mol. The summed E-state index contributed by atoms with van der Waals surface area (Å²) in [4.78, 5) is 50.5. The largest absolute Gasteiger partial charge is 0.333 e. The maximum absolute atomic E-state index is 12.2. The van der Waals surface area contributed by atoms with Crippen molar-refractivity contribution in [1.82, 2.24) is 20.4 Å². The van der Waals surface area contributed by atoms with Gasteiger partial charge in [-0.3, -0.25) is 9.59 Å². The van der Waals surface area contributed by atoms with Gasteiger partial charge in [0.2, 0.25) is 0 Å². The lowest BCUT2D eigenvalue weighted by Crippen LogP contribution is -2.33. The van der Waals surface area contributed by atoms with Gasteiger partial charge >= 0.3 is 5.97 Å². The molecule has 12 heteroatoms. The number of pyridine rings is 2. The van der Waals surface area contributed by atoms with Gasteiger partial charge in [-0.05, 0) is 111 Å². The number of thiophene rings is 2. The van der Waals surface area contributed by atoms with Gasteiger partial charge in [-0.25, -0.2) is 19.0 Å². The van der Waals surface area contributed by atoms with Crippen LogP contribution >= 0.6 is 22.7 Å². The van der Waals surface area contributed by atoms with Crippen LogP contribution in [0.15, 0.2) is 126 Å². The summed E-state index contributed by atoms with van der Waals surface area (Å²) >= 11 is 3.42. The third kappa shape index (κ3) is 8.04. The minimum Gasteiger partial charge on any atom is -0.330 e. The topological polar surface area (TPSA) is 119 Å². The van der Waals surface area contributed by atoms with Gasteiger partial charge in [-0.1, -0.05) is 66.8 Å². The first-order valence-electron chi connectivity index (χ1n) is 20.6. The molecule has 0 bridgehead atoms. The monoisotopic (exact) mass is 842 g/mol. The number of allylic oxidation sites excluding steroid dienone is 6. The Hall–Kier alpha value is -6.63. The number of imide groups is 1. The molecule has 0 saturated carbocycles. The molecule has 2 amide bonds. The van der Waals surface area contributed by atoms with Crippen LogP contribution in [0.3, 0.4) is 0 Å². The highest BCUT2D eigenvalue weighted by atomic mass is 32.1. The van der Waals surface area contributed by atoms with Crippen LogP contribution in [0.5, 0.6) is 0 Å². The first-order chi connectivity index (χ1) is 29.9. The average molecular weight is 843 g/mol. The summed E-state index contributed by atoms with van der Waals surface area (Å²) in [6, 6.07) is 27.7. The van der Waals surface area contributed by atoms with Gasteiger partial charge in [0.25, 0.3) is 11.8 Å². The minimum atomic E-state index is -0.577. The van der Waals surface area contributed by atoms with E-state index in [0.29, 0.717) is 35.0 Å². The lowest BCUT2D eigenvalue weighted by molar-refractivity contribution is -0.697. The summed E-state index contributed by atoms with van der Waals surface area (Å²) in [7, 11) is 0. The molecule has 1 unspecified atom stereocenters. The quantitative estimate of drug-likeness (QED) is 0.0678. The molecule has 0 N–H and O–H groups in total. The molecule has 5 aromatic heterocycles. The van der Waals surface area contributed by atoms with Crippen LogP contribution in [0.4, 0.5) is 0 Å². The van der Waals surface area contributed by atoms with E-state index in [-0.39, 0.29) is 19.3 Å². The van der Waals surface area contributed by atoms with Crippen molar-refractivity contribution in [2.45, 2.75) is 57.9 Å². The number of benzene rings is 2. The van der Waals surface area contributed by atoms with Gasteiger partial charge in [0, 0.05) is 58.0 Å². The third-order valence-corrected chi connectivity index (χ3v) is 13.8. The number of fused-ring (bicyclic) bond motifs is 3. The Morgan fingerprint density at radius 2 is 1.61 bits per heavy atom. The zero-order valence-corrected chi connectivity index (χ0v) is 34.8. The van der Waals surface area contributed by atoms with E-state index in [2.05, 4.69) is 118 Å². The zero-order chi connectivity index (χ0) is 41.3. The summed E-state index contributed by atoms with van der Waals surface area (Å²) in [5.41, 5.74) is 8.58. The number of amides is 2. The van der Waals surface area contributed by atoms with Crippen LogP contribution in [0.1, 0.15) is 67.5 Å². The molecule has 0 spiro atoms. The first kappa shape index (κ1) is 38.6. The Balaban J connectivity index is 0.928. The SMILES string of the molecule is O=C(CCCC[n+]1ccc(/C=C/c2nc(-c3ccc(-c4ccc5ccccc5c4)s3)c3nonc3c2-c2ccc(C3=CC=C4C=CCCC4C3)s2)cc1)ON1C(=O)CCC1=O. The van der Waals surface area contributed by atoms with Crippen molar-refractivity contribution >= 4 is 80.0 Å². The number of carbonyl (C=O) groups excluding carboxylic acids is 3. The van der Waals surface area contributed by atoms with Crippen molar-refractivity contribution in [3.8, 4) is 31.5 Å². The summed E-state index contributed by atoms with van der Waals surface area (Å²) in [6.07, 6.45) is 22.1. The molecule has 6 heterocycles. The van der Waals surface area contributed by atoms with Crippen molar-refractivity contribution in [1.29, 1.82) is 0 Å². The Bertz CT molecular complexity index is 2950. The van der Waals surface area contributed by atoms with Crippen molar-refractivity contribution in [2.24, 2.45) is 5.92 Å². The normalized spacial score (nSPS) is 16.5. The molecule has 1 fully saturated rings. The lowest BCUT2D eigenvalue weighted by Gasteiger charge is -2.25. The van der Waals surface area contributed by atoms with E-state index in [1.54, 1.807) is 22.7 Å². The van der Waals surface area contributed by atoms with Crippen LogP contribution in [0.2, 0.25) is 0 Å². The highest BCUT2D eigenvalue weighted by Crippen LogP contribution is 2.45. The van der Waals surface area contributed by atoms with Gasteiger partial charge in [-0.2, -0.15) is 0 Å². The predicted molar refractivity (Wildman–Crippen MR) is 238 cm³/mol. The van der Waals surface area contributed by atoms with E-state index in [1.807, 2.05) is 24.5 Å². The van der Waals surface area contributed by atoms with Gasteiger partial charge in [-0.15, -0.1) is 27.7 Å². The molecule has 10 nitrogen and oxygen atoms in total. The van der Waals surface area contributed by atoms with Crippen LogP contribution < -0.4 is 4.57 Å². The highest BCUT2D eigenvalue weighted by Gasteiger charge is 2.32. The first-order valence-corrected chi connectivity index (χ1v) is 22.2. The molecule has 302 valence electrons. The van der Waals surface area contributed by atoms with E-state index in [1.165, 1.54) is 33.2 Å². The van der Waals surface area contributed by atoms with Gasteiger partial charge in [0.15, 0.2) is 17.9 Å². The van der Waals surface area contributed by atoms with Crippen LogP contribution in [-0.4, -0.2) is 38.1 Å². The Morgan fingerprint density at radius 1 is 0.836 bits per heavy atom. The maximum atomic E-state index is 12.2. The molecule has 0 radical (unpaired) electrons. The summed E-state index contributed by atoms with van der Waals surface area (Å²) in [5.74, 6) is -0.962. The summed E-state index contributed by atoms with van der Waals surface area (Å²) in [5, 5.41) is 12.0. The number of carbonyl (C=O) groups is 3. The van der Waals surface area contributed by atoms with E-state index >= 15 is 0 Å². The Labute approximate surface area is 359 Å². The van der Waals surface area contributed by atoms with Gasteiger partial charge in [0.1, 0.15) is 17.8 Å². The van der Waals surface area contributed by atoms with E-state index in [0.717, 1.165) is 62.0 Å². The fraction of sp³-hybridized carbons (Fsp3) is 0.204. The standard InChI is InChI=1S/C49H40N5O5S2/c55-43-22-23-44(56)54(43)58-45(57)11-5-6-26-53-27-24-31(25-28-53)12-17-38-46(41-20-18-39(60-41)36-15-13-32-7-1-3-9-34(32)29-36)48-49(52-59-51-48)47(50-38)42-21-19-40(61-42)37-16-14-33-8-2-4-10-35(33)30-37/h1-2,4,7-8,10,12-21,24-25,27-28,30,34H,3,5-6,9,11,22-23,26,29H2/q+1/b17-12+. The van der Waals surface area contributed by atoms with Crippen molar-refractivity contribution < 1.29 is 28.4 Å². The fourth-order valence-electron chi connectivity index (χ4n) is 8.22. The second-order valence-corrected chi connectivity index (χ2v) is 17.7. The molecule has 7 aromatic rings. The van der Waals surface area contributed by atoms with Gasteiger partial charge < -0.3 is 4.84 Å². The minimum absolute atomic E-state index is 0.0791. The number of hydroxylamine groups is 2. The highest BCUT2D eigenvalue weighted by molar-refractivity contribution is 7.19. The number of hydrogen-bond donors (Lipinski definition) is 0. The van der Waals surface area contributed by atoms with Crippen LogP contribution in [0.25, 0.3) is 71.0 Å². The molecule has 1 atom stereocenters. The van der Waals surface area contributed by atoms with Crippen molar-refractivity contribution in [2.75, 3.05) is 0 Å². The lowest BCUT2D eigenvalue weighted by atomic mass is 9.81. The smallest absolute Gasteiger partial charge is 0.330 e. The maximum Gasteiger partial charge on any atom is 0.333 e. The number of aromatic nitrogens is 4. The zero-order valence-electron chi connectivity index (χ0n) is 33.2. The number of rotatable bonds is 12. The molecular formula is C49H40N5O5S2+.